The monoisotopic (exact) mass is 345 g/mol. The SMILES string of the molecule is CC(C)c1ccccc1OCC(=O)Nc1ccc(-c2ccccc2)cc1. The lowest BCUT2D eigenvalue weighted by Gasteiger charge is -2.13. The lowest BCUT2D eigenvalue weighted by atomic mass is 10.0. The quantitative estimate of drug-likeness (QED) is 0.641. The highest BCUT2D eigenvalue weighted by atomic mass is 16.5. The maximum absolute atomic E-state index is 12.2. The van der Waals surface area contributed by atoms with Gasteiger partial charge in [-0.05, 0) is 40.8 Å². The molecule has 0 aliphatic carbocycles. The molecule has 3 rings (SSSR count). The first kappa shape index (κ1) is 17.7. The van der Waals surface area contributed by atoms with E-state index < -0.39 is 0 Å². The summed E-state index contributed by atoms with van der Waals surface area (Å²) < 4.78 is 5.71. The second kappa shape index (κ2) is 8.34. The number of benzene rings is 3. The molecular weight excluding hydrogens is 322 g/mol. The number of hydrogen-bond acceptors (Lipinski definition) is 2. The fourth-order valence-corrected chi connectivity index (χ4v) is 2.81. The molecule has 1 N–H and O–H groups in total. The molecule has 0 unspecified atom stereocenters. The molecule has 3 aromatic carbocycles. The highest BCUT2D eigenvalue weighted by molar-refractivity contribution is 5.92. The molecular formula is C23H23NO2. The van der Waals surface area contributed by atoms with Gasteiger partial charge in [0.25, 0.3) is 5.91 Å². The van der Waals surface area contributed by atoms with E-state index in [1.165, 1.54) is 0 Å². The highest BCUT2D eigenvalue weighted by Gasteiger charge is 2.09. The van der Waals surface area contributed by atoms with Gasteiger partial charge in [0.2, 0.25) is 0 Å². The predicted octanol–water partition coefficient (Wildman–Crippen LogP) is 5.49. The van der Waals surface area contributed by atoms with E-state index in [0.29, 0.717) is 5.92 Å². The van der Waals surface area contributed by atoms with E-state index >= 15 is 0 Å². The fraction of sp³-hybridized carbons (Fsp3) is 0.174. The third kappa shape index (κ3) is 4.51. The van der Waals surface area contributed by atoms with Gasteiger partial charge in [0.15, 0.2) is 6.61 Å². The van der Waals surface area contributed by atoms with Crippen molar-refractivity contribution in [1.29, 1.82) is 0 Å². The Labute approximate surface area is 154 Å². The number of rotatable bonds is 6. The summed E-state index contributed by atoms with van der Waals surface area (Å²) in [5.41, 5.74) is 4.13. The topological polar surface area (TPSA) is 38.3 Å². The van der Waals surface area contributed by atoms with Gasteiger partial charge in [0.1, 0.15) is 5.75 Å². The molecule has 132 valence electrons. The van der Waals surface area contributed by atoms with E-state index in [4.69, 9.17) is 4.74 Å². The van der Waals surface area contributed by atoms with Gasteiger partial charge in [-0.1, -0.05) is 74.5 Å². The molecule has 0 saturated heterocycles. The average molecular weight is 345 g/mol. The van der Waals surface area contributed by atoms with E-state index in [9.17, 15) is 4.79 Å². The first-order chi connectivity index (χ1) is 12.6. The molecule has 0 atom stereocenters. The van der Waals surface area contributed by atoms with Gasteiger partial charge < -0.3 is 10.1 Å². The van der Waals surface area contributed by atoms with Gasteiger partial charge in [-0.3, -0.25) is 4.79 Å². The summed E-state index contributed by atoms with van der Waals surface area (Å²) in [4.78, 5) is 12.2. The standard InChI is InChI=1S/C23H23NO2/c1-17(2)21-10-6-7-11-22(21)26-16-23(25)24-20-14-12-19(13-15-20)18-8-4-3-5-9-18/h3-15,17H,16H2,1-2H3,(H,24,25). The second-order valence-corrected chi connectivity index (χ2v) is 6.47. The Balaban J connectivity index is 1.59. The Kier molecular flexibility index (Phi) is 5.69. The molecule has 3 aromatic rings. The third-order valence-electron chi connectivity index (χ3n) is 4.18. The largest absolute Gasteiger partial charge is 0.483 e. The number of amides is 1. The average Bonchev–Trinajstić information content (AvgIpc) is 2.68. The summed E-state index contributed by atoms with van der Waals surface area (Å²) in [5, 5.41) is 2.88. The van der Waals surface area contributed by atoms with Gasteiger partial charge in [0.05, 0.1) is 0 Å². The number of hydrogen-bond donors (Lipinski definition) is 1. The van der Waals surface area contributed by atoms with Gasteiger partial charge in [-0.25, -0.2) is 0 Å². The summed E-state index contributed by atoms with van der Waals surface area (Å²) >= 11 is 0. The van der Waals surface area contributed by atoms with Crippen LogP contribution < -0.4 is 10.1 Å². The Morgan fingerprint density at radius 3 is 2.15 bits per heavy atom. The first-order valence-electron chi connectivity index (χ1n) is 8.80. The molecule has 0 bridgehead atoms. The van der Waals surface area contributed by atoms with E-state index in [2.05, 4.69) is 31.3 Å². The van der Waals surface area contributed by atoms with Crippen LogP contribution in [0.1, 0.15) is 25.3 Å². The normalized spacial score (nSPS) is 10.6. The van der Waals surface area contributed by atoms with Crippen molar-refractivity contribution in [2.24, 2.45) is 0 Å². The number of ether oxygens (including phenoxy) is 1. The van der Waals surface area contributed by atoms with Crippen LogP contribution in [-0.2, 0) is 4.79 Å². The van der Waals surface area contributed by atoms with Crippen molar-refractivity contribution in [3.05, 3.63) is 84.4 Å². The molecule has 3 nitrogen and oxygen atoms in total. The summed E-state index contributed by atoms with van der Waals surface area (Å²) in [6.45, 7) is 4.21. The van der Waals surface area contributed by atoms with Gasteiger partial charge in [-0.15, -0.1) is 0 Å². The summed E-state index contributed by atoms with van der Waals surface area (Å²) in [7, 11) is 0. The molecule has 26 heavy (non-hydrogen) atoms. The summed E-state index contributed by atoms with van der Waals surface area (Å²) in [5.74, 6) is 0.938. The zero-order valence-corrected chi connectivity index (χ0v) is 15.1. The maximum Gasteiger partial charge on any atom is 0.262 e. The van der Waals surface area contributed by atoms with Crippen LogP contribution in [0, 0.1) is 0 Å². The molecule has 0 aliphatic rings. The van der Waals surface area contributed by atoms with Crippen LogP contribution in [0.25, 0.3) is 11.1 Å². The highest BCUT2D eigenvalue weighted by Crippen LogP contribution is 2.26. The number of carbonyl (C=O) groups excluding carboxylic acids is 1. The number of nitrogens with one attached hydrogen (secondary N) is 1. The predicted molar refractivity (Wildman–Crippen MR) is 107 cm³/mol. The molecule has 0 saturated carbocycles. The Hall–Kier alpha value is -3.07. The van der Waals surface area contributed by atoms with Crippen molar-refractivity contribution in [2.75, 3.05) is 11.9 Å². The van der Waals surface area contributed by atoms with Crippen molar-refractivity contribution in [3.8, 4) is 16.9 Å². The van der Waals surface area contributed by atoms with Crippen molar-refractivity contribution < 1.29 is 9.53 Å². The number of anilines is 1. The van der Waals surface area contributed by atoms with Gasteiger partial charge in [0, 0.05) is 5.69 Å². The molecule has 3 heteroatoms. The van der Waals surface area contributed by atoms with Crippen molar-refractivity contribution >= 4 is 11.6 Å². The molecule has 0 fully saturated rings. The zero-order chi connectivity index (χ0) is 18.4. The molecule has 0 radical (unpaired) electrons. The molecule has 1 amide bonds. The molecule has 0 aliphatic heterocycles. The van der Waals surface area contributed by atoms with Crippen LogP contribution in [-0.4, -0.2) is 12.5 Å². The minimum absolute atomic E-state index is 0.00975. The van der Waals surface area contributed by atoms with Crippen LogP contribution in [0.2, 0.25) is 0 Å². The molecule has 0 spiro atoms. The summed E-state index contributed by atoms with van der Waals surface area (Å²) in [6.07, 6.45) is 0. The maximum atomic E-state index is 12.2. The van der Waals surface area contributed by atoms with Gasteiger partial charge >= 0.3 is 0 Å². The number of carbonyl (C=O) groups is 1. The third-order valence-corrected chi connectivity index (χ3v) is 4.18. The minimum Gasteiger partial charge on any atom is -0.483 e. The summed E-state index contributed by atoms with van der Waals surface area (Å²) in [6, 6.07) is 25.8. The lowest BCUT2D eigenvalue weighted by Crippen LogP contribution is -2.20. The Morgan fingerprint density at radius 1 is 0.846 bits per heavy atom. The minimum atomic E-state index is -0.170. The molecule has 0 aromatic heterocycles. The Bertz CT molecular complexity index is 855. The Morgan fingerprint density at radius 2 is 1.46 bits per heavy atom. The van der Waals surface area contributed by atoms with E-state index in [-0.39, 0.29) is 12.5 Å². The molecule has 0 heterocycles. The van der Waals surface area contributed by atoms with Crippen molar-refractivity contribution in [3.63, 3.8) is 0 Å². The smallest absolute Gasteiger partial charge is 0.262 e. The van der Waals surface area contributed by atoms with E-state index in [1.807, 2.05) is 66.7 Å². The van der Waals surface area contributed by atoms with Crippen LogP contribution in [0.3, 0.4) is 0 Å². The van der Waals surface area contributed by atoms with Crippen LogP contribution >= 0.6 is 0 Å². The van der Waals surface area contributed by atoms with Crippen LogP contribution in [0.5, 0.6) is 5.75 Å². The van der Waals surface area contributed by atoms with Gasteiger partial charge in [-0.2, -0.15) is 0 Å². The van der Waals surface area contributed by atoms with Crippen LogP contribution in [0.15, 0.2) is 78.9 Å². The second-order valence-electron chi connectivity index (χ2n) is 6.47. The number of para-hydroxylation sites is 1. The lowest BCUT2D eigenvalue weighted by molar-refractivity contribution is -0.118. The van der Waals surface area contributed by atoms with Crippen molar-refractivity contribution in [1.82, 2.24) is 0 Å². The van der Waals surface area contributed by atoms with Crippen LogP contribution in [0.4, 0.5) is 5.69 Å². The first-order valence-corrected chi connectivity index (χ1v) is 8.80. The van der Waals surface area contributed by atoms with Crippen molar-refractivity contribution in [2.45, 2.75) is 19.8 Å². The zero-order valence-electron chi connectivity index (χ0n) is 15.1. The van der Waals surface area contributed by atoms with E-state index in [1.54, 1.807) is 0 Å². The van der Waals surface area contributed by atoms with E-state index in [0.717, 1.165) is 28.1 Å². The fourth-order valence-electron chi connectivity index (χ4n) is 2.81.